The number of rotatable bonds is 8. The Morgan fingerprint density at radius 3 is 2.67 bits per heavy atom. The molecule has 1 aliphatic heterocycles. The predicted octanol–water partition coefficient (Wildman–Crippen LogP) is 3.05. The minimum absolute atomic E-state index is 0.0165. The van der Waals surface area contributed by atoms with Gasteiger partial charge in [-0.05, 0) is 54.5 Å². The van der Waals surface area contributed by atoms with Crippen LogP contribution in [0, 0.1) is 0 Å². The molecule has 0 radical (unpaired) electrons. The van der Waals surface area contributed by atoms with Crippen LogP contribution in [-0.4, -0.2) is 45.0 Å². The molecule has 1 aliphatic rings. The molecule has 0 saturated carbocycles. The summed E-state index contributed by atoms with van der Waals surface area (Å²) < 4.78 is 15.8. The monoisotopic (exact) mass is 409 g/mol. The van der Waals surface area contributed by atoms with Gasteiger partial charge in [0.1, 0.15) is 0 Å². The number of Topliss-reactive ketones (excluding diaryl/α,β-unsaturated/α-hetero) is 1. The van der Waals surface area contributed by atoms with Gasteiger partial charge in [-0.3, -0.25) is 9.59 Å². The third-order valence-corrected chi connectivity index (χ3v) is 4.72. The van der Waals surface area contributed by atoms with E-state index in [1.807, 2.05) is 6.92 Å². The number of carbonyl (C=O) groups excluding carboxylic acids is 3. The number of hydrogen-bond donors (Lipinski definition) is 0. The zero-order valence-corrected chi connectivity index (χ0v) is 17.1. The zero-order chi connectivity index (χ0) is 21.7. The Hall–Kier alpha value is -3.61. The second-order valence-electron chi connectivity index (χ2n) is 6.68. The van der Waals surface area contributed by atoms with Gasteiger partial charge in [0.15, 0.2) is 23.9 Å². The molecule has 0 aromatic heterocycles. The molecule has 0 saturated heterocycles. The lowest BCUT2D eigenvalue weighted by Gasteiger charge is -2.10. The highest BCUT2D eigenvalue weighted by atomic mass is 16.5. The maximum atomic E-state index is 12.3. The molecule has 0 atom stereocenters. The average Bonchev–Trinajstić information content (AvgIpc) is 3.03. The second-order valence-corrected chi connectivity index (χ2v) is 6.68. The molecule has 1 heterocycles. The Bertz CT molecular complexity index is 1010. The number of amides is 1. The molecule has 0 fully saturated rings. The molecule has 0 N–H and O–H groups in total. The molecule has 156 valence electrons. The van der Waals surface area contributed by atoms with Crippen molar-refractivity contribution in [3.8, 4) is 11.5 Å². The first-order valence-corrected chi connectivity index (χ1v) is 9.51. The standard InChI is InChI=1S/C23H23NO6/c1-4-29-21-11-15(5-9-20(21)28-3)6-10-23(27)30-14-19(25)16-7-8-18-17(12-16)13-22(26)24(18)2/h5-12H,4,13-14H2,1-3H3/b10-6+. The van der Waals surface area contributed by atoms with Gasteiger partial charge in [-0.25, -0.2) is 4.79 Å². The number of carbonyl (C=O) groups is 3. The first-order chi connectivity index (χ1) is 14.4. The Labute approximate surface area is 174 Å². The van der Waals surface area contributed by atoms with Gasteiger partial charge in [0.25, 0.3) is 0 Å². The molecular formula is C23H23NO6. The summed E-state index contributed by atoms with van der Waals surface area (Å²) in [6.45, 7) is 1.98. The lowest BCUT2D eigenvalue weighted by atomic mass is 10.1. The van der Waals surface area contributed by atoms with Crippen LogP contribution in [-0.2, 0) is 20.7 Å². The predicted molar refractivity (Wildman–Crippen MR) is 112 cm³/mol. The minimum Gasteiger partial charge on any atom is -0.493 e. The van der Waals surface area contributed by atoms with Crippen LogP contribution in [0.3, 0.4) is 0 Å². The normalized spacial score (nSPS) is 12.8. The van der Waals surface area contributed by atoms with Crippen molar-refractivity contribution < 1.29 is 28.6 Å². The average molecular weight is 409 g/mol. The third-order valence-electron chi connectivity index (χ3n) is 4.72. The Kier molecular flexibility index (Phi) is 6.51. The van der Waals surface area contributed by atoms with Crippen LogP contribution in [0.5, 0.6) is 11.5 Å². The molecular weight excluding hydrogens is 386 g/mol. The van der Waals surface area contributed by atoms with Crippen LogP contribution in [0.25, 0.3) is 6.08 Å². The highest BCUT2D eigenvalue weighted by Crippen LogP contribution is 2.29. The van der Waals surface area contributed by atoms with Crippen molar-refractivity contribution in [2.75, 3.05) is 32.3 Å². The second kappa shape index (κ2) is 9.26. The summed E-state index contributed by atoms with van der Waals surface area (Å²) in [6.07, 6.45) is 3.09. The Morgan fingerprint density at radius 1 is 1.13 bits per heavy atom. The molecule has 2 aromatic carbocycles. The van der Waals surface area contributed by atoms with Crippen molar-refractivity contribution in [3.05, 3.63) is 59.2 Å². The van der Waals surface area contributed by atoms with E-state index >= 15 is 0 Å². The molecule has 0 unspecified atom stereocenters. The van der Waals surface area contributed by atoms with Crippen molar-refractivity contribution in [1.82, 2.24) is 0 Å². The molecule has 0 bridgehead atoms. The van der Waals surface area contributed by atoms with Crippen molar-refractivity contribution in [3.63, 3.8) is 0 Å². The molecule has 30 heavy (non-hydrogen) atoms. The van der Waals surface area contributed by atoms with Crippen LogP contribution in [0.1, 0.15) is 28.4 Å². The van der Waals surface area contributed by atoms with Crippen molar-refractivity contribution >= 4 is 29.4 Å². The fourth-order valence-corrected chi connectivity index (χ4v) is 3.14. The summed E-state index contributed by atoms with van der Waals surface area (Å²) in [5.74, 6) is 0.200. The van der Waals surface area contributed by atoms with E-state index in [-0.39, 0.29) is 24.7 Å². The number of methoxy groups -OCH3 is 1. The maximum Gasteiger partial charge on any atom is 0.331 e. The molecule has 1 amide bonds. The summed E-state index contributed by atoms with van der Waals surface area (Å²) in [5.41, 5.74) is 2.73. The number of fused-ring (bicyclic) bond motifs is 1. The number of ketones is 1. The largest absolute Gasteiger partial charge is 0.493 e. The topological polar surface area (TPSA) is 82.1 Å². The van der Waals surface area contributed by atoms with Crippen LogP contribution >= 0.6 is 0 Å². The van der Waals surface area contributed by atoms with Gasteiger partial charge in [-0.2, -0.15) is 0 Å². The number of anilines is 1. The number of hydrogen-bond acceptors (Lipinski definition) is 6. The Morgan fingerprint density at radius 2 is 1.93 bits per heavy atom. The molecule has 2 aromatic rings. The number of esters is 1. The summed E-state index contributed by atoms with van der Waals surface area (Å²) in [7, 11) is 3.25. The van der Waals surface area contributed by atoms with E-state index in [0.717, 1.165) is 16.8 Å². The van der Waals surface area contributed by atoms with Gasteiger partial charge in [0, 0.05) is 24.4 Å². The molecule has 3 rings (SSSR count). The van der Waals surface area contributed by atoms with E-state index in [1.54, 1.807) is 61.5 Å². The summed E-state index contributed by atoms with van der Waals surface area (Å²) in [4.78, 5) is 37.7. The van der Waals surface area contributed by atoms with Crippen LogP contribution in [0.2, 0.25) is 0 Å². The molecule has 7 nitrogen and oxygen atoms in total. The van der Waals surface area contributed by atoms with E-state index in [4.69, 9.17) is 14.2 Å². The van der Waals surface area contributed by atoms with Gasteiger partial charge in [-0.15, -0.1) is 0 Å². The summed E-state index contributed by atoms with van der Waals surface area (Å²) >= 11 is 0. The van der Waals surface area contributed by atoms with E-state index in [0.29, 0.717) is 23.7 Å². The lowest BCUT2D eigenvalue weighted by Crippen LogP contribution is -2.20. The summed E-state index contributed by atoms with van der Waals surface area (Å²) in [6, 6.07) is 10.3. The van der Waals surface area contributed by atoms with Crippen LogP contribution in [0.4, 0.5) is 5.69 Å². The van der Waals surface area contributed by atoms with E-state index in [9.17, 15) is 14.4 Å². The minimum atomic E-state index is -0.631. The number of ether oxygens (including phenoxy) is 3. The SMILES string of the molecule is CCOc1cc(/C=C/C(=O)OCC(=O)c2ccc3c(c2)CC(=O)N3C)ccc1OC. The van der Waals surface area contributed by atoms with Gasteiger partial charge in [0.05, 0.1) is 20.1 Å². The lowest BCUT2D eigenvalue weighted by molar-refractivity contribution is -0.136. The first kappa shape index (κ1) is 21.1. The molecule has 7 heteroatoms. The van der Waals surface area contributed by atoms with Gasteiger partial charge >= 0.3 is 5.97 Å². The maximum absolute atomic E-state index is 12.3. The first-order valence-electron chi connectivity index (χ1n) is 9.51. The number of benzene rings is 2. The van der Waals surface area contributed by atoms with Crippen molar-refractivity contribution in [2.24, 2.45) is 0 Å². The highest BCUT2D eigenvalue weighted by Gasteiger charge is 2.24. The smallest absolute Gasteiger partial charge is 0.331 e. The van der Waals surface area contributed by atoms with Gasteiger partial charge in [-0.1, -0.05) is 6.07 Å². The van der Waals surface area contributed by atoms with Gasteiger partial charge < -0.3 is 19.1 Å². The fraction of sp³-hybridized carbons (Fsp3) is 0.261. The number of nitrogens with zero attached hydrogens (tertiary/aromatic N) is 1. The fourth-order valence-electron chi connectivity index (χ4n) is 3.14. The van der Waals surface area contributed by atoms with Crippen LogP contribution in [0.15, 0.2) is 42.5 Å². The molecule has 0 aliphatic carbocycles. The van der Waals surface area contributed by atoms with E-state index in [2.05, 4.69) is 0 Å². The van der Waals surface area contributed by atoms with Crippen LogP contribution < -0.4 is 14.4 Å². The van der Waals surface area contributed by atoms with Gasteiger partial charge in [0.2, 0.25) is 5.91 Å². The summed E-state index contributed by atoms with van der Waals surface area (Å²) in [5, 5.41) is 0. The Balaban J connectivity index is 1.58. The van der Waals surface area contributed by atoms with Crippen molar-refractivity contribution in [1.29, 1.82) is 0 Å². The van der Waals surface area contributed by atoms with E-state index < -0.39 is 5.97 Å². The highest BCUT2D eigenvalue weighted by molar-refractivity contribution is 6.04. The quantitative estimate of drug-likeness (QED) is 0.379. The molecule has 0 spiro atoms. The zero-order valence-electron chi connectivity index (χ0n) is 17.1. The number of likely N-dealkylation sites (N-methyl/N-ethyl adjacent to an activating group) is 1. The van der Waals surface area contributed by atoms with E-state index in [1.165, 1.54) is 6.08 Å². The third kappa shape index (κ3) is 4.68. The van der Waals surface area contributed by atoms with Crippen molar-refractivity contribution in [2.45, 2.75) is 13.3 Å².